The van der Waals surface area contributed by atoms with E-state index in [0.29, 0.717) is 18.7 Å². The van der Waals surface area contributed by atoms with Crippen LogP contribution in [-0.2, 0) is 6.54 Å². The van der Waals surface area contributed by atoms with Crippen molar-refractivity contribution in [2.75, 3.05) is 6.61 Å². The first-order chi connectivity index (χ1) is 12.2. The molecule has 2 heterocycles. The third-order valence-electron chi connectivity index (χ3n) is 4.06. The summed E-state index contributed by atoms with van der Waals surface area (Å²) in [6, 6.07) is 13.5. The Hall–Kier alpha value is -2.88. The van der Waals surface area contributed by atoms with Crippen LogP contribution in [0.3, 0.4) is 0 Å². The van der Waals surface area contributed by atoms with Crippen molar-refractivity contribution in [1.29, 1.82) is 0 Å². The maximum Gasteiger partial charge on any atom is 0.260 e. The Morgan fingerprint density at radius 1 is 1.20 bits per heavy atom. The van der Waals surface area contributed by atoms with Gasteiger partial charge in [0, 0.05) is 23.7 Å². The van der Waals surface area contributed by atoms with Gasteiger partial charge in [-0.1, -0.05) is 24.3 Å². The van der Waals surface area contributed by atoms with E-state index in [1.54, 1.807) is 10.8 Å². The summed E-state index contributed by atoms with van der Waals surface area (Å²) in [4.78, 5) is 17.5. The average molecular weight is 334 g/mol. The van der Waals surface area contributed by atoms with Gasteiger partial charge < -0.3 is 4.74 Å². The van der Waals surface area contributed by atoms with Crippen molar-refractivity contribution in [2.24, 2.45) is 0 Å². The molecule has 0 saturated carbocycles. The second-order valence-electron chi connectivity index (χ2n) is 5.75. The number of fused-ring (bicyclic) bond motifs is 1. The molecule has 0 N–H and O–H groups in total. The third-order valence-corrected chi connectivity index (χ3v) is 4.06. The van der Waals surface area contributed by atoms with Gasteiger partial charge >= 0.3 is 0 Å². The maximum atomic E-state index is 13.1. The quantitative estimate of drug-likeness (QED) is 0.626. The van der Waals surface area contributed by atoms with E-state index in [-0.39, 0.29) is 5.56 Å². The number of ether oxygens (including phenoxy) is 1. The lowest BCUT2D eigenvalue weighted by Gasteiger charge is -2.12. The molecule has 0 saturated heterocycles. The van der Waals surface area contributed by atoms with Crippen LogP contribution in [0.1, 0.15) is 20.3 Å². The second-order valence-corrected chi connectivity index (χ2v) is 5.75. The molecule has 0 unspecified atom stereocenters. The summed E-state index contributed by atoms with van der Waals surface area (Å²) in [6.07, 6.45) is 6.58. The summed E-state index contributed by atoms with van der Waals surface area (Å²) in [5.41, 5.74) is 2.23. The van der Waals surface area contributed by atoms with Crippen molar-refractivity contribution in [1.82, 2.24) is 9.55 Å². The van der Waals surface area contributed by atoms with Crippen molar-refractivity contribution in [2.45, 2.75) is 26.8 Å². The van der Waals surface area contributed by atoms with Gasteiger partial charge in [-0.15, -0.1) is 0 Å². The first-order valence-electron chi connectivity index (χ1n) is 8.57. The van der Waals surface area contributed by atoms with Crippen molar-refractivity contribution >= 4 is 11.0 Å². The van der Waals surface area contributed by atoms with Crippen LogP contribution in [0.15, 0.2) is 65.6 Å². The van der Waals surface area contributed by atoms with Crippen molar-refractivity contribution < 1.29 is 4.74 Å². The molecule has 2 aromatic heterocycles. The minimum atomic E-state index is -0.0237. The molecule has 0 aliphatic carbocycles. The fraction of sp³-hybridized carbons (Fsp3) is 0.238. The van der Waals surface area contributed by atoms with E-state index < -0.39 is 0 Å². The molecule has 0 spiro atoms. The second kappa shape index (κ2) is 7.79. The molecule has 4 heteroatoms. The summed E-state index contributed by atoms with van der Waals surface area (Å²) < 4.78 is 7.34. The number of aryl methyl sites for hydroxylation is 1. The number of aromatic nitrogens is 2. The Bertz CT molecular complexity index is 958. The number of hydrogen-bond acceptors (Lipinski definition) is 3. The highest BCUT2D eigenvalue weighted by molar-refractivity contribution is 5.81. The minimum absolute atomic E-state index is 0.0237. The standard InChI is InChI=1S/C21H22N2O2/c1-3-5-6-13-23-20-17(10-8-12-22-20)15-19(21(23)24)16-9-7-11-18(14-16)25-4-2/h3,5,7-12,14-15H,4,6,13H2,1-2H3. The first kappa shape index (κ1) is 17.0. The molecule has 0 fully saturated rings. The lowest BCUT2D eigenvalue weighted by Crippen LogP contribution is -2.22. The largest absolute Gasteiger partial charge is 0.494 e. The van der Waals surface area contributed by atoms with Crippen LogP contribution < -0.4 is 10.3 Å². The van der Waals surface area contributed by atoms with Crippen LogP contribution in [0.5, 0.6) is 5.75 Å². The van der Waals surface area contributed by atoms with E-state index in [4.69, 9.17) is 4.74 Å². The molecule has 0 amide bonds. The van der Waals surface area contributed by atoms with E-state index in [0.717, 1.165) is 28.8 Å². The van der Waals surface area contributed by atoms with E-state index in [2.05, 4.69) is 11.1 Å². The Morgan fingerprint density at radius 3 is 2.88 bits per heavy atom. The summed E-state index contributed by atoms with van der Waals surface area (Å²) in [5, 5.41) is 0.958. The normalized spacial score (nSPS) is 11.3. The summed E-state index contributed by atoms with van der Waals surface area (Å²) in [6.45, 7) is 5.13. The van der Waals surface area contributed by atoms with E-state index in [1.165, 1.54) is 0 Å². The maximum absolute atomic E-state index is 13.1. The smallest absolute Gasteiger partial charge is 0.260 e. The molecule has 0 radical (unpaired) electrons. The lowest BCUT2D eigenvalue weighted by atomic mass is 10.1. The fourth-order valence-electron chi connectivity index (χ4n) is 2.91. The highest BCUT2D eigenvalue weighted by atomic mass is 16.5. The van der Waals surface area contributed by atoms with Gasteiger partial charge in [-0.3, -0.25) is 9.36 Å². The van der Waals surface area contributed by atoms with Gasteiger partial charge in [-0.05, 0) is 56.2 Å². The lowest BCUT2D eigenvalue weighted by molar-refractivity contribution is 0.340. The van der Waals surface area contributed by atoms with E-state index >= 15 is 0 Å². The predicted octanol–water partition coefficient (Wildman–Crippen LogP) is 4.43. The van der Waals surface area contributed by atoms with Crippen molar-refractivity contribution in [3.63, 3.8) is 0 Å². The molecule has 128 valence electrons. The third kappa shape index (κ3) is 3.63. The molecule has 3 rings (SSSR count). The van der Waals surface area contributed by atoms with Gasteiger partial charge in [0.15, 0.2) is 0 Å². The highest BCUT2D eigenvalue weighted by Crippen LogP contribution is 2.24. The molecule has 0 aliphatic heterocycles. The molecule has 0 atom stereocenters. The SMILES string of the molecule is CC=CCCn1c(=O)c(-c2cccc(OCC)c2)cc2cccnc21. The van der Waals surface area contributed by atoms with Crippen LogP contribution in [0.25, 0.3) is 22.2 Å². The zero-order valence-electron chi connectivity index (χ0n) is 14.6. The monoisotopic (exact) mass is 334 g/mol. The Balaban J connectivity index is 2.17. The summed E-state index contributed by atoms with van der Waals surface area (Å²) in [5.74, 6) is 0.770. The number of pyridine rings is 2. The predicted molar refractivity (Wildman–Crippen MR) is 102 cm³/mol. The van der Waals surface area contributed by atoms with Gasteiger partial charge in [0.1, 0.15) is 11.4 Å². The Morgan fingerprint density at radius 2 is 2.08 bits per heavy atom. The fourth-order valence-corrected chi connectivity index (χ4v) is 2.91. The Labute approximate surface area is 147 Å². The summed E-state index contributed by atoms with van der Waals surface area (Å²) >= 11 is 0. The van der Waals surface area contributed by atoms with Crippen molar-refractivity contribution in [3.05, 3.63) is 71.2 Å². The zero-order chi connectivity index (χ0) is 17.6. The van der Waals surface area contributed by atoms with Crippen molar-refractivity contribution in [3.8, 4) is 16.9 Å². The number of benzene rings is 1. The van der Waals surface area contributed by atoms with E-state index in [9.17, 15) is 4.79 Å². The number of rotatable bonds is 6. The minimum Gasteiger partial charge on any atom is -0.494 e. The van der Waals surface area contributed by atoms with Crippen LogP contribution in [0, 0.1) is 0 Å². The molecule has 0 aliphatic rings. The average Bonchev–Trinajstić information content (AvgIpc) is 2.64. The number of allylic oxidation sites excluding steroid dienone is 2. The van der Waals surface area contributed by atoms with Crippen LogP contribution >= 0.6 is 0 Å². The Kier molecular flexibility index (Phi) is 5.29. The van der Waals surface area contributed by atoms with Gasteiger partial charge in [0.2, 0.25) is 0 Å². The van der Waals surface area contributed by atoms with Gasteiger partial charge in [-0.25, -0.2) is 4.98 Å². The highest BCUT2D eigenvalue weighted by Gasteiger charge is 2.12. The molecule has 4 nitrogen and oxygen atoms in total. The molecule has 1 aromatic carbocycles. The van der Waals surface area contributed by atoms with Gasteiger partial charge in [0.25, 0.3) is 5.56 Å². The molecular formula is C21H22N2O2. The number of hydrogen-bond donors (Lipinski definition) is 0. The topological polar surface area (TPSA) is 44.1 Å². The number of nitrogens with zero attached hydrogens (tertiary/aromatic N) is 2. The van der Waals surface area contributed by atoms with Crippen LogP contribution in [0.2, 0.25) is 0 Å². The molecular weight excluding hydrogens is 312 g/mol. The van der Waals surface area contributed by atoms with Crippen LogP contribution in [0.4, 0.5) is 0 Å². The summed E-state index contributed by atoms with van der Waals surface area (Å²) in [7, 11) is 0. The first-order valence-corrected chi connectivity index (χ1v) is 8.57. The van der Waals surface area contributed by atoms with Crippen LogP contribution in [-0.4, -0.2) is 16.2 Å². The molecule has 3 aromatic rings. The van der Waals surface area contributed by atoms with Gasteiger partial charge in [-0.2, -0.15) is 0 Å². The molecule has 0 bridgehead atoms. The molecule has 25 heavy (non-hydrogen) atoms. The zero-order valence-corrected chi connectivity index (χ0v) is 14.6. The van der Waals surface area contributed by atoms with Gasteiger partial charge in [0.05, 0.1) is 6.61 Å². The van der Waals surface area contributed by atoms with E-state index in [1.807, 2.05) is 62.4 Å².